The summed E-state index contributed by atoms with van der Waals surface area (Å²) in [6.45, 7) is 3.45. The molecule has 0 radical (unpaired) electrons. The Bertz CT molecular complexity index is 1210. The Hall–Kier alpha value is -3.32. The SMILES string of the molecule is CC1C=NC=CN1c1c(C2CCN(C(N)=O)CC2)c2ccncc2n1-c1ccc(Cl)cc1. The first-order valence-electron chi connectivity index (χ1n) is 10.8. The number of aromatic nitrogens is 2. The van der Waals surface area contributed by atoms with E-state index in [9.17, 15) is 4.79 Å². The second-order valence-electron chi connectivity index (χ2n) is 8.29. The molecule has 0 saturated carbocycles. The molecule has 1 aromatic carbocycles. The van der Waals surface area contributed by atoms with Gasteiger partial charge < -0.3 is 15.5 Å². The van der Waals surface area contributed by atoms with Gasteiger partial charge in [0.15, 0.2) is 0 Å². The van der Waals surface area contributed by atoms with Gasteiger partial charge in [0.25, 0.3) is 0 Å². The molecule has 0 spiro atoms. The summed E-state index contributed by atoms with van der Waals surface area (Å²) < 4.78 is 2.26. The van der Waals surface area contributed by atoms with Crippen LogP contribution < -0.4 is 10.6 Å². The summed E-state index contributed by atoms with van der Waals surface area (Å²) in [6.07, 6.45) is 11.3. The Balaban J connectivity index is 1.73. The quantitative estimate of drug-likeness (QED) is 0.631. The molecular weight excluding hydrogens is 424 g/mol. The number of halogens is 1. The number of primary amides is 1. The minimum absolute atomic E-state index is 0.0905. The summed E-state index contributed by atoms with van der Waals surface area (Å²) in [5, 5.41) is 1.87. The first kappa shape index (κ1) is 20.6. The van der Waals surface area contributed by atoms with E-state index in [1.54, 1.807) is 4.90 Å². The Morgan fingerprint density at radius 2 is 1.91 bits per heavy atom. The van der Waals surface area contributed by atoms with Crippen LogP contribution in [0.15, 0.2) is 60.1 Å². The normalized spacial score (nSPS) is 19.1. The molecule has 7 nitrogen and oxygen atoms in total. The van der Waals surface area contributed by atoms with Crippen molar-refractivity contribution in [1.82, 2.24) is 14.5 Å². The smallest absolute Gasteiger partial charge is 0.314 e. The minimum atomic E-state index is -0.347. The average Bonchev–Trinajstić information content (AvgIpc) is 3.15. The first-order valence-corrected chi connectivity index (χ1v) is 11.2. The van der Waals surface area contributed by atoms with E-state index in [4.69, 9.17) is 17.3 Å². The Morgan fingerprint density at radius 1 is 1.16 bits per heavy atom. The van der Waals surface area contributed by atoms with E-state index >= 15 is 0 Å². The number of nitrogens with zero attached hydrogens (tertiary/aromatic N) is 5. The van der Waals surface area contributed by atoms with Gasteiger partial charge in [-0.05, 0) is 56.0 Å². The lowest BCUT2D eigenvalue weighted by molar-refractivity contribution is 0.191. The highest BCUT2D eigenvalue weighted by atomic mass is 35.5. The van der Waals surface area contributed by atoms with Crippen molar-refractivity contribution < 1.29 is 4.79 Å². The molecule has 0 bridgehead atoms. The standard InChI is InChI=1S/C24H25ClN6O/c1-16-14-28-10-13-30(16)23-22(17-7-11-29(12-8-17)24(26)32)20-6-9-27-15-21(20)31(23)19-4-2-18(25)3-5-19/h2-6,9-10,13-17H,7-8,11-12H2,1H3,(H2,26,32). The van der Waals surface area contributed by atoms with Crippen molar-refractivity contribution in [2.75, 3.05) is 18.0 Å². The van der Waals surface area contributed by atoms with E-state index in [-0.39, 0.29) is 12.1 Å². The highest BCUT2D eigenvalue weighted by Crippen LogP contribution is 2.44. The summed E-state index contributed by atoms with van der Waals surface area (Å²) in [5.74, 6) is 1.39. The lowest BCUT2D eigenvalue weighted by Gasteiger charge is -2.34. The molecule has 0 aliphatic carbocycles. The zero-order chi connectivity index (χ0) is 22.2. The zero-order valence-electron chi connectivity index (χ0n) is 17.9. The van der Waals surface area contributed by atoms with Gasteiger partial charge in [-0.25, -0.2) is 4.79 Å². The monoisotopic (exact) mass is 448 g/mol. The number of piperidine rings is 1. The number of urea groups is 1. The third-order valence-electron chi connectivity index (χ3n) is 6.38. The number of pyridine rings is 1. The second-order valence-corrected chi connectivity index (χ2v) is 8.72. The molecule has 2 aliphatic heterocycles. The van der Waals surface area contributed by atoms with Crippen LogP contribution in [0.2, 0.25) is 5.02 Å². The van der Waals surface area contributed by atoms with Crippen LogP contribution in [0.4, 0.5) is 10.6 Å². The average molecular weight is 449 g/mol. The number of nitrogens with two attached hydrogens (primary N) is 1. The van der Waals surface area contributed by atoms with E-state index in [0.717, 1.165) is 29.9 Å². The minimum Gasteiger partial charge on any atom is -0.351 e. The summed E-state index contributed by atoms with van der Waals surface area (Å²) in [4.78, 5) is 24.4. The Kier molecular flexibility index (Phi) is 5.35. The highest BCUT2D eigenvalue weighted by Gasteiger charge is 2.32. The van der Waals surface area contributed by atoms with E-state index in [1.165, 1.54) is 10.9 Å². The largest absolute Gasteiger partial charge is 0.351 e. The predicted octanol–water partition coefficient (Wildman–Crippen LogP) is 4.69. The number of amides is 2. The van der Waals surface area contributed by atoms with Crippen molar-refractivity contribution in [3.63, 3.8) is 0 Å². The third-order valence-corrected chi connectivity index (χ3v) is 6.63. The maximum atomic E-state index is 11.7. The van der Waals surface area contributed by atoms with Gasteiger partial charge >= 0.3 is 6.03 Å². The van der Waals surface area contributed by atoms with Crippen molar-refractivity contribution in [3.05, 3.63) is 65.7 Å². The van der Waals surface area contributed by atoms with Crippen molar-refractivity contribution in [2.45, 2.75) is 31.7 Å². The molecule has 1 atom stereocenters. The topological polar surface area (TPSA) is 79.8 Å². The number of aliphatic imine (C=N–C) groups is 1. The summed E-state index contributed by atoms with van der Waals surface area (Å²) >= 11 is 6.19. The predicted molar refractivity (Wildman–Crippen MR) is 129 cm³/mol. The summed E-state index contributed by atoms with van der Waals surface area (Å²) in [5.41, 5.74) is 8.86. The first-order chi connectivity index (χ1) is 15.5. The van der Waals surface area contributed by atoms with Gasteiger partial charge in [-0.1, -0.05) is 11.6 Å². The van der Waals surface area contributed by atoms with E-state index < -0.39 is 0 Å². The van der Waals surface area contributed by atoms with Crippen LogP contribution in [0.1, 0.15) is 31.2 Å². The van der Waals surface area contributed by atoms with E-state index in [2.05, 4.69) is 32.4 Å². The van der Waals surface area contributed by atoms with Crippen LogP contribution in [0.25, 0.3) is 16.6 Å². The Morgan fingerprint density at radius 3 is 2.59 bits per heavy atom. The number of anilines is 1. The fourth-order valence-electron chi connectivity index (χ4n) is 4.80. The van der Waals surface area contributed by atoms with Gasteiger partial charge in [0.2, 0.25) is 0 Å². The number of benzene rings is 1. The number of hydrogen-bond acceptors (Lipinski definition) is 4. The van der Waals surface area contributed by atoms with E-state index in [0.29, 0.717) is 24.0 Å². The van der Waals surface area contributed by atoms with Gasteiger partial charge in [-0.15, -0.1) is 0 Å². The lowest BCUT2D eigenvalue weighted by Crippen LogP contribution is -2.41. The molecule has 2 N–H and O–H groups in total. The molecule has 164 valence electrons. The van der Waals surface area contributed by atoms with Crippen molar-refractivity contribution in [3.8, 4) is 5.69 Å². The second kappa shape index (κ2) is 8.31. The van der Waals surface area contributed by atoms with Crippen LogP contribution >= 0.6 is 11.6 Å². The Labute approximate surface area is 191 Å². The van der Waals surface area contributed by atoms with Crippen LogP contribution in [0.3, 0.4) is 0 Å². The van der Waals surface area contributed by atoms with Gasteiger partial charge in [0.05, 0.1) is 17.8 Å². The molecule has 2 amide bonds. The van der Waals surface area contributed by atoms with Gasteiger partial charge in [-0.3, -0.25) is 14.5 Å². The molecule has 32 heavy (non-hydrogen) atoms. The lowest BCUT2D eigenvalue weighted by atomic mass is 9.88. The maximum absolute atomic E-state index is 11.7. The number of fused-ring (bicyclic) bond motifs is 1. The number of likely N-dealkylation sites (tertiary alicyclic amines) is 1. The molecule has 5 rings (SSSR count). The van der Waals surface area contributed by atoms with Crippen LogP contribution in [-0.4, -0.2) is 45.8 Å². The molecule has 1 saturated heterocycles. The van der Waals surface area contributed by atoms with Gasteiger partial charge in [-0.2, -0.15) is 0 Å². The zero-order valence-corrected chi connectivity index (χ0v) is 18.6. The van der Waals surface area contributed by atoms with Gasteiger partial charge in [0, 0.05) is 59.6 Å². The fourth-order valence-corrected chi connectivity index (χ4v) is 4.93. The fraction of sp³-hybridized carbons (Fsp3) is 0.292. The molecule has 1 unspecified atom stereocenters. The number of carbonyl (C=O) groups excluding carboxylic acids is 1. The molecule has 8 heteroatoms. The number of carbonyl (C=O) groups is 1. The number of rotatable bonds is 3. The maximum Gasteiger partial charge on any atom is 0.314 e. The van der Waals surface area contributed by atoms with E-state index in [1.807, 2.05) is 55.3 Å². The molecule has 3 aromatic rings. The molecule has 1 fully saturated rings. The molecule has 4 heterocycles. The summed E-state index contributed by atoms with van der Waals surface area (Å²) in [6, 6.07) is 9.71. The molecule has 2 aromatic heterocycles. The highest BCUT2D eigenvalue weighted by molar-refractivity contribution is 6.30. The van der Waals surface area contributed by atoms with Crippen molar-refractivity contribution in [2.24, 2.45) is 10.7 Å². The van der Waals surface area contributed by atoms with Crippen LogP contribution in [-0.2, 0) is 0 Å². The van der Waals surface area contributed by atoms with Crippen molar-refractivity contribution in [1.29, 1.82) is 0 Å². The summed E-state index contributed by atoms with van der Waals surface area (Å²) in [7, 11) is 0. The van der Waals surface area contributed by atoms with Crippen LogP contribution in [0.5, 0.6) is 0 Å². The number of hydrogen-bond donors (Lipinski definition) is 1. The van der Waals surface area contributed by atoms with Gasteiger partial charge in [0.1, 0.15) is 5.82 Å². The molecular formula is C24H25ClN6O. The van der Waals surface area contributed by atoms with Crippen LogP contribution in [0, 0.1) is 0 Å². The van der Waals surface area contributed by atoms with Crippen molar-refractivity contribution >= 4 is 40.6 Å². The third kappa shape index (κ3) is 3.52. The molecule has 2 aliphatic rings.